The number of imidazole rings is 1. The van der Waals surface area contributed by atoms with Gasteiger partial charge in [-0.2, -0.15) is 0 Å². The number of aryl methyl sites for hydroxylation is 1. The van der Waals surface area contributed by atoms with E-state index in [9.17, 15) is 0 Å². The Morgan fingerprint density at radius 2 is 1.78 bits per heavy atom. The zero-order valence-electron chi connectivity index (χ0n) is 10.8. The summed E-state index contributed by atoms with van der Waals surface area (Å²) in [5, 5.41) is 0. The van der Waals surface area contributed by atoms with Gasteiger partial charge in [0, 0.05) is 25.2 Å². The third kappa shape index (κ3) is 2.17. The van der Waals surface area contributed by atoms with Crippen LogP contribution >= 0.6 is 0 Å². The highest BCUT2D eigenvalue weighted by Gasteiger charge is 2.12. The number of ether oxygens (including phenoxy) is 2. The zero-order valence-corrected chi connectivity index (χ0v) is 10.8. The van der Waals surface area contributed by atoms with E-state index in [4.69, 9.17) is 15.2 Å². The first-order chi connectivity index (χ1) is 8.69. The van der Waals surface area contributed by atoms with Gasteiger partial charge in [0.2, 0.25) is 0 Å². The van der Waals surface area contributed by atoms with Crippen molar-refractivity contribution in [1.82, 2.24) is 9.55 Å². The predicted octanol–water partition coefficient (Wildman–Crippen LogP) is 1.56. The first-order valence-electron chi connectivity index (χ1n) is 5.63. The zero-order chi connectivity index (χ0) is 13.1. The van der Waals surface area contributed by atoms with E-state index < -0.39 is 0 Å². The SMILES string of the molecule is COc1cc(OC)cc(-c2ncn(C)c2CN)c1. The van der Waals surface area contributed by atoms with Crippen molar-refractivity contribution in [3.8, 4) is 22.8 Å². The molecule has 0 aliphatic rings. The molecule has 0 radical (unpaired) electrons. The fourth-order valence-electron chi connectivity index (χ4n) is 1.88. The number of aromatic nitrogens is 2. The Balaban J connectivity index is 2.55. The summed E-state index contributed by atoms with van der Waals surface area (Å²) < 4.78 is 12.4. The van der Waals surface area contributed by atoms with Gasteiger partial charge in [-0.25, -0.2) is 4.98 Å². The van der Waals surface area contributed by atoms with Crippen LogP contribution in [0, 0.1) is 0 Å². The normalized spacial score (nSPS) is 10.4. The van der Waals surface area contributed by atoms with Crippen LogP contribution in [0.5, 0.6) is 11.5 Å². The second-order valence-corrected chi connectivity index (χ2v) is 3.96. The van der Waals surface area contributed by atoms with Crippen molar-refractivity contribution in [2.75, 3.05) is 14.2 Å². The van der Waals surface area contributed by atoms with Crippen molar-refractivity contribution in [3.05, 3.63) is 30.2 Å². The van der Waals surface area contributed by atoms with Crippen molar-refractivity contribution in [2.24, 2.45) is 12.8 Å². The molecule has 0 unspecified atom stereocenters. The summed E-state index contributed by atoms with van der Waals surface area (Å²) in [6, 6.07) is 5.67. The van der Waals surface area contributed by atoms with Crippen LogP contribution in [-0.4, -0.2) is 23.8 Å². The molecule has 0 atom stereocenters. The molecule has 96 valence electrons. The Kier molecular flexibility index (Phi) is 3.53. The summed E-state index contributed by atoms with van der Waals surface area (Å²) in [7, 11) is 5.18. The molecule has 2 N–H and O–H groups in total. The summed E-state index contributed by atoms with van der Waals surface area (Å²) in [6.07, 6.45) is 1.75. The minimum Gasteiger partial charge on any atom is -0.497 e. The van der Waals surface area contributed by atoms with Gasteiger partial charge in [-0.1, -0.05) is 0 Å². The molecule has 2 rings (SSSR count). The lowest BCUT2D eigenvalue weighted by Crippen LogP contribution is -2.04. The molecule has 1 aromatic heterocycles. The van der Waals surface area contributed by atoms with E-state index in [0.29, 0.717) is 6.54 Å². The van der Waals surface area contributed by atoms with Crippen molar-refractivity contribution < 1.29 is 9.47 Å². The Hall–Kier alpha value is -2.01. The van der Waals surface area contributed by atoms with Gasteiger partial charge >= 0.3 is 0 Å². The van der Waals surface area contributed by atoms with Gasteiger partial charge in [-0.3, -0.25) is 0 Å². The van der Waals surface area contributed by atoms with Gasteiger partial charge in [0.1, 0.15) is 11.5 Å². The van der Waals surface area contributed by atoms with E-state index in [-0.39, 0.29) is 0 Å². The van der Waals surface area contributed by atoms with Crippen LogP contribution in [0.15, 0.2) is 24.5 Å². The van der Waals surface area contributed by atoms with Gasteiger partial charge in [0.25, 0.3) is 0 Å². The van der Waals surface area contributed by atoms with Gasteiger partial charge in [0.15, 0.2) is 0 Å². The van der Waals surface area contributed by atoms with E-state index in [1.165, 1.54) is 0 Å². The number of benzene rings is 1. The third-order valence-corrected chi connectivity index (χ3v) is 2.88. The third-order valence-electron chi connectivity index (χ3n) is 2.88. The van der Waals surface area contributed by atoms with Gasteiger partial charge in [-0.15, -0.1) is 0 Å². The maximum absolute atomic E-state index is 5.75. The summed E-state index contributed by atoms with van der Waals surface area (Å²) >= 11 is 0. The summed E-state index contributed by atoms with van der Waals surface area (Å²) in [4.78, 5) is 4.38. The Labute approximate surface area is 106 Å². The number of methoxy groups -OCH3 is 2. The maximum Gasteiger partial charge on any atom is 0.123 e. The second kappa shape index (κ2) is 5.10. The molecule has 1 heterocycles. The average molecular weight is 247 g/mol. The molecule has 0 spiro atoms. The molecule has 0 fully saturated rings. The number of hydrogen-bond donors (Lipinski definition) is 1. The number of nitrogens with two attached hydrogens (primary N) is 1. The Morgan fingerprint density at radius 3 is 2.28 bits per heavy atom. The van der Waals surface area contributed by atoms with Crippen molar-refractivity contribution in [3.63, 3.8) is 0 Å². The fraction of sp³-hybridized carbons (Fsp3) is 0.308. The van der Waals surface area contributed by atoms with Crippen molar-refractivity contribution >= 4 is 0 Å². The fourth-order valence-corrected chi connectivity index (χ4v) is 1.88. The highest BCUT2D eigenvalue weighted by atomic mass is 16.5. The molecule has 0 saturated heterocycles. The van der Waals surface area contributed by atoms with Crippen molar-refractivity contribution in [2.45, 2.75) is 6.54 Å². The standard InChI is InChI=1S/C13H17N3O2/c1-16-8-15-13(12(16)7-14)9-4-10(17-2)6-11(5-9)18-3/h4-6,8H,7,14H2,1-3H3. The van der Waals surface area contributed by atoms with Crippen LogP contribution in [0.4, 0.5) is 0 Å². The quantitative estimate of drug-likeness (QED) is 0.890. The number of rotatable bonds is 4. The first-order valence-corrected chi connectivity index (χ1v) is 5.63. The molecule has 18 heavy (non-hydrogen) atoms. The first kappa shape index (κ1) is 12.4. The van der Waals surface area contributed by atoms with Gasteiger partial charge in [-0.05, 0) is 12.1 Å². The van der Waals surface area contributed by atoms with E-state index in [1.807, 2.05) is 29.8 Å². The van der Waals surface area contributed by atoms with Gasteiger partial charge < -0.3 is 19.8 Å². The molecule has 5 nitrogen and oxygen atoms in total. The summed E-state index contributed by atoms with van der Waals surface area (Å²) in [5.41, 5.74) is 8.52. The molecule has 0 saturated carbocycles. The largest absolute Gasteiger partial charge is 0.497 e. The molecule has 1 aromatic carbocycles. The summed E-state index contributed by atoms with van der Waals surface area (Å²) in [6.45, 7) is 0.436. The lowest BCUT2D eigenvalue weighted by Gasteiger charge is -2.08. The topological polar surface area (TPSA) is 62.3 Å². The smallest absolute Gasteiger partial charge is 0.123 e. The van der Waals surface area contributed by atoms with Crippen LogP contribution in [0.25, 0.3) is 11.3 Å². The van der Waals surface area contributed by atoms with Crippen molar-refractivity contribution in [1.29, 1.82) is 0 Å². The van der Waals surface area contributed by atoms with E-state index in [0.717, 1.165) is 28.5 Å². The van der Waals surface area contributed by atoms with Crippen LogP contribution < -0.4 is 15.2 Å². The maximum atomic E-state index is 5.75. The molecule has 0 aliphatic carbocycles. The molecule has 0 aliphatic heterocycles. The highest BCUT2D eigenvalue weighted by Crippen LogP contribution is 2.30. The Bertz CT molecular complexity index is 527. The molecule has 0 amide bonds. The molecular formula is C13H17N3O2. The molecule has 2 aromatic rings. The van der Waals surface area contributed by atoms with E-state index in [2.05, 4.69) is 4.98 Å². The van der Waals surface area contributed by atoms with Crippen LogP contribution in [0.3, 0.4) is 0 Å². The average Bonchev–Trinajstić information content (AvgIpc) is 2.79. The minimum atomic E-state index is 0.436. The number of nitrogens with zero attached hydrogens (tertiary/aromatic N) is 2. The molecule has 0 bridgehead atoms. The monoisotopic (exact) mass is 247 g/mol. The second-order valence-electron chi connectivity index (χ2n) is 3.96. The Morgan fingerprint density at radius 1 is 1.17 bits per heavy atom. The molecule has 5 heteroatoms. The molecular weight excluding hydrogens is 230 g/mol. The van der Waals surface area contributed by atoms with Gasteiger partial charge in [0.05, 0.1) is 31.9 Å². The van der Waals surface area contributed by atoms with Crippen LogP contribution in [0.2, 0.25) is 0 Å². The van der Waals surface area contributed by atoms with Crippen LogP contribution in [0.1, 0.15) is 5.69 Å². The van der Waals surface area contributed by atoms with E-state index in [1.54, 1.807) is 20.5 Å². The predicted molar refractivity (Wildman–Crippen MR) is 69.6 cm³/mol. The summed E-state index contributed by atoms with van der Waals surface area (Å²) in [5.74, 6) is 1.47. The lowest BCUT2D eigenvalue weighted by molar-refractivity contribution is 0.394. The number of hydrogen-bond acceptors (Lipinski definition) is 4. The van der Waals surface area contributed by atoms with Crippen LogP contribution in [-0.2, 0) is 13.6 Å². The minimum absolute atomic E-state index is 0.436. The highest BCUT2D eigenvalue weighted by molar-refractivity contribution is 5.66. The van der Waals surface area contributed by atoms with E-state index >= 15 is 0 Å². The lowest BCUT2D eigenvalue weighted by atomic mass is 10.1.